The first-order valence-corrected chi connectivity index (χ1v) is 10.2. The number of likely N-dealkylation sites (tertiary alicyclic amines) is 1. The van der Waals surface area contributed by atoms with E-state index in [-0.39, 0.29) is 24.5 Å². The Hall–Kier alpha value is -2.35. The molecule has 0 spiro atoms. The fraction of sp³-hybridized carbons (Fsp3) is 0.526. The number of hydrogen-bond acceptors (Lipinski definition) is 4. The van der Waals surface area contributed by atoms with Crippen LogP contribution in [0.15, 0.2) is 11.4 Å². The molecule has 3 rings (SSSR count). The summed E-state index contributed by atoms with van der Waals surface area (Å²) in [5.41, 5.74) is 4.13. The van der Waals surface area contributed by atoms with Crippen LogP contribution in [0.2, 0.25) is 0 Å². The monoisotopic (exact) mass is 389 g/mol. The second-order valence-corrected chi connectivity index (χ2v) is 8.02. The van der Waals surface area contributed by atoms with Crippen molar-refractivity contribution < 1.29 is 9.59 Å². The molecule has 3 amide bonds. The highest BCUT2D eigenvalue weighted by Gasteiger charge is 2.27. The highest BCUT2D eigenvalue weighted by Crippen LogP contribution is 2.27. The van der Waals surface area contributed by atoms with Crippen LogP contribution in [-0.2, 0) is 11.3 Å². The summed E-state index contributed by atoms with van der Waals surface area (Å²) in [7, 11) is 0. The molecule has 7 nitrogen and oxygen atoms in total. The molecule has 1 aliphatic heterocycles. The van der Waals surface area contributed by atoms with Crippen LogP contribution in [0.5, 0.6) is 0 Å². The molecule has 2 aromatic heterocycles. The Morgan fingerprint density at radius 1 is 1.33 bits per heavy atom. The molecule has 0 aliphatic carbocycles. The molecular formula is C19H27N5O2S. The number of urea groups is 1. The Balaban J connectivity index is 1.62. The average molecular weight is 390 g/mol. The molecule has 0 unspecified atom stereocenters. The zero-order chi connectivity index (χ0) is 19.6. The van der Waals surface area contributed by atoms with Gasteiger partial charge >= 0.3 is 6.03 Å². The van der Waals surface area contributed by atoms with Crippen LogP contribution in [0.1, 0.15) is 29.7 Å². The van der Waals surface area contributed by atoms with Crippen LogP contribution < -0.4 is 10.6 Å². The number of carbonyl (C=O) groups is 2. The summed E-state index contributed by atoms with van der Waals surface area (Å²) in [6, 6.07) is 2.04. The van der Waals surface area contributed by atoms with E-state index in [4.69, 9.17) is 0 Å². The average Bonchev–Trinajstić information content (AvgIpc) is 3.31. The number of nitrogens with zero attached hydrogens (tertiary/aromatic N) is 3. The van der Waals surface area contributed by atoms with Crippen molar-refractivity contribution in [2.75, 3.05) is 19.6 Å². The van der Waals surface area contributed by atoms with Gasteiger partial charge in [-0.05, 0) is 40.2 Å². The van der Waals surface area contributed by atoms with Crippen LogP contribution >= 0.6 is 11.3 Å². The lowest BCUT2D eigenvalue weighted by Crippen LogP contribution is -2.42. The molecule has 0 radical (unpaired) electrons. The number of rotatable bonds is 5. The molecule has 0 aromatic carbocycles. The first-order chi connectivity index (χ1) is 12.9. The van der Waals surface area contributed by atoms with Crippen LogP contribution in [0.25, 0.3) is 11.3 Å². The highest BCUT2D eigenvalue weighted by atomic mass is 32.1. The van der Waals surface area contributed by atoms with Gasteiger partial charge in [-0.1, -0.05) is 0 Å². The largest absolute Gasteiger partial charge is 0.350 e. The number of aryl methyl sites for hydroxylation is 2. The fourth-order valence-corrected chi connectivity index (χ4v) is 4.15. The van der Waals surface area contributed by atoms with Gasteiger partial charge in [0.2, 0.25) is 5.91 Å². The maximum Gasteiger partial charge on any atom is 0.317 e. The predicted molar refractivity (Wildman–Crippen MR) is 107 cm³/mol. The van der Waals surface area contributed by atoms with E-state index in [1.165, 1.54) is 0 Å². The quantitative estimate of drug-likeness (QED) is 0.824. The standard InChI is InChI=1S/C19H27N5O2S/c1-5-20-19(26)23-7-6-15(9-23)22-18(25)10-24-12(2)8-16(13(24)3)17-11-27-14(4)21-17/h8,11,15H,5-7,9-10H2,1-4H3,(H,20,26)(H,22,25)/t15-/m1/s1. The lowest BCUT2D eigenvalue weighted by Gasteiger charge is -2.18. The van der Waals surface area contributed by atoms with E-state index in [1.54, 1.807) is 16.2 Å². The Morgan fingerprint density at radius 2 is 2.11 bits per heavy atom. The minimum absolute atomic E-state index is 0.0111. The van der Waals surface area contributed by atoms with E-state index in [0.29, 0.717) is 19.6 Å². The fourth-order valence-electron chi connectivity index (χ4n) is 3.53. The molecule has 0 bridgehead atoms. The van der Waals surface area contributed by atoms with E-state index in [1.807, 2.05) is 32.3 Å². The normalized spacial score (nSPS) is 16.6. The lowest BCUT2D eigenvalue weighted by atomic mass is 10.2. The van der Waals surface area contributed by atoms with Gasteiger partial charge in [0.25, 0.3) is 0 Å². The van der Waals surface area contributed by atoms with E-state index in [0.717, 1.165) is 34.1 Å². The second-order valence-electron chi connectivity index (χ2n) is 6.96. The van der Waals surface area contributed by atoms with Gasteiger partial charge in [0.05, 0.1) is 10.7 Å². The smallest absolute Gasteiger partial charge is 0.317 e. The summed E-state index contributed by atoms with van der Waals surface area (Å²) in [5.74, 6) is -0.0273. The molecule has 27 heavy (non-hydrogen) atoms. The molecule has 2 N–H and O–H groups in total. The summed E-state index contributed by atoms with van der Waals surface area (Å²) >= 11 is 1.63. The zero-order valence-electron chi connectivity index (χ0n) is 16.3. The Kier molecular flexibility index (Phi) is 5.84. The van der Waals surface area contributed by atoms with E-state index in [2.05, 4.69) is 27.1 Å². The van der Waals surface area contributed by atoms with Crippen molar-refractivity contribution in [3.63, 3.8) is 0 Å². The van der Waals surface area contributed by atoms with Crippen molar-refractivity contribution >= 4 is 23.3 Å². The summed E-state index contributed by atoms with van der Waals surface area (Å²) in [4.78, 5) is 30.8. The first kappa shape index (κ1) is 19.4. The molecule has 3 heterocycles. The molecule has 2 aromatic rings. The van der Waals surface area contributed by atoms with Gasteiger partial charge in [0.1, 0.15) is 6.54 Å². The predicted octanol–water partition coefficient (Wildman–Crippen LogP) is 2.46. The molecule has 1 atom stereocenters. The number of hydrogen-bond donors (Lipinski definition) is 2. The van der Waals surface area contributed by atoms with Crippen LogP contribution in [0.3, 0.4) is 0 Å². The minimum atomic E-state index is -0.0606. The summed E-state index contributed by atoms with van der Waals surface area (Å²) in [6.07, 6.45) is 0.788. The summed E-state index contributed by atoms with van der Waals surface area (Å²) in [5, 5.41) is 8.95. The third-order valence-electron chi connectivity index (χ3n) is 4.94. The van der Waals surface area contributed by atoms with Crippen LogP contribution in [-0.4, -0.2) is 52.1 Å². The topological polar surface area (TPSA) is 79.3 Å². The van der Waals surface area contributed by atoms with Gasteiger partial charge in [-0.15, -0.1) is 11.3 Å². The van der Waals surface area contributed by atoms with E-state index in [9.17, 15) is 9.59 Å². The molecule has 8 heteroatoms. The number of aromatic nitrogens is 2. The van der Waals surface area contributed by atoms with Crippen LogP contribution in [0, 0.1) is 20.8 Å². The van der Waals surface area contributed by atoms with Gasteiger partial charge in [-0.3, -0.25) is 4.79 Å². The third kappa shape index (κ3) is 4.32. The minimum Gasteiger partial charge on any atom is -0.350 e. The van der Waals surface area contributed by atoms with Crippen molar-refractivity contribution in [3.05, 3.63) is 27.8 Å². The Morgan fingerprint density at radius 3 is 2.78 bits per heavy atom. The van der Waals surface area contributed by atoms with Gasteiger partial charge < -0.3 is 20.1 Å². The van der Waals surface area contributed by atoms with Crippen molar-refractivity contribution in [3.8, 4) is 11.3 Å². The number of amides is 3. The van der Waals surface area contributed by atoms with Crippen molar-refractivity contribution in [1.29, 1.82) is 0 Å². The molecule has 146 valence electrons. The van der Waals surface area contributed by atoms with E-state index >= 15 is 0 Å². The van der Waals surface area contributed by atoms with Gasteiger partial charge in [-0.2, -0.15) is 0 Å². The second kappa shape index (κ2) is 8.12. The maximum atomic E-state index is 12.6. The third-order valence-corrected chi connectivity index (χ3v) is 5.71. The summed E-state index contributed by atoms with van der Waals surface area (Å²) in [6.45, 7) is 10.0. The molecule has 1 aliphatic rings. The highest BCUT2D eigenvalue weighted by molar-refractivity contribution is 7.09. The van der Waals surface area contributed by atoms with Gasteiger partial charge in [0, 0.05) is 48.0 Å². The Labute approximate surface area is 163 Å². The molecule has 1 saturated heterocycles. The maximum absolute atomic E-state index is 12.6. The summed E-state index contributed by atoms with van der Waals surface area (Å²) < 4.78 is 2.02. The number of carbonyl (C=O) groups excluding carboxylic acids is 2. The first-order valence-electron chi connectivity index (χ1n) is 9.30. The molecule has 0 saturated carbocycles. The lowest BCUT2D eigenvalue weighted by molar-refractivity contribution is -0.122. The Bertz CT molecular complexity index is 841. The van der Waals surface area contributed by atoms with Crippen molar-refractivity contribution in [2.45, 2.75) is 46.7 Å². The van der Waals surface area contributed by atoms with Gasteiger partial charge in [-0.25, -0.2) is 9.78 Å². The zero-order valence-corrected chi connectivity index (χ0v) is 17.2. The van der Waals surface area contributed by atoms with Gasteiger partial charge in [0.15, 0.2) is 0 Å². The SMILES string of the molecule is CCNC(=O)N1CC[C@@H](NC(=O)Cn2c(C)cc(-c3csc(C)n3)c2C)C1. The number of thiazole rings is 1. The number of nitrogens with one attached hydrogen (secondary N) is 2. The van der Waals surface area contributed by atoms with E-state index < -0.39 is 0 Å². The van der Waals surface area contributed by atoms with Crippen molar-refractivity contribution in [2.24, 2.45) is 0 Å². The molecular weight excluding hydrogens is 362 g/mol. The van der Waals surface area contributed by atoms with Crippen LogP contribution in [0.4, 0.5) is 4.79 Å². The van der Waals surface area contributed by atoms with Crippen molar-refractivity contribution in [1.82, 2.24) is 25.1 Å². The molecule has 1 fully saturated rings.